The summed E-state index contributed by atoms with van der Waals surface area (Å²) in [4.78, 5) is 1.14. The Morgan fingerprint density at radius 3 is 2.71 bits per heavy atom. The Morgan fingerprint density at radius 2 is 2.14 bits per heavy atom. The van der Waals surface area contributed by atoms with Gasteiger partial charge in [0.1, 0.15) is 0 Å². The molecule has 0 amide bonds. The molecule has 1 nitrogen and oxygen atoms in total. The van der Waals surface area contributed by atoms with Gasteiger partial charge in [-0.3, -0.25) is 0 Å². The summed E-state index contributed by atoms with van der Waals surface area (Å²) in [6.45, 7) is 2.10. The van der Waals surface area contributed by atoms with Crippen LogP contribution in [0, 0.1) is 11.3 Å². The molecule has 0 aliphatic carbocycles. The molecular weight excluding hydrogens is 190 g/mol. The van der Waals surface area contributed by atoms with Crippen LogP contribution in [0.1, 0.15) is 12.5 Å². The van der Waals surface area contributed by atoms with Gasteiger partial charge in [0.25, 0.3) is 0 Å². The Bertz CT molecular complexity index is 335. The third kappa shape index (κ3) is 3.68. The van der Waals surface area contributed by atoms with Crippen LogP contribution >= 0.6 is 11.8 Å². The third-order valence-corrected chi connectivity index (χ3v) is 2.70. The van der Waals surface area contributed by atoms with Gasteiger partial charge in [0.15, 0.2) is 0 Å². The van der Waals surface area contributed by atoms with Crippen molar-refractivity contribution in [2.75, 3.05) is 5.75 Å². The Morgan fingerprint density at radius 1 is 1.43 bits per heavy atom. The zero-order valence-corrected chi connectivity index (χ0v) is 9.05. The number of benzene rings is 1. The molecule has 0 radical (unpaired) electrons. The fraction of sp³-hybridized carbons (Fsp3) is 0.250. The zero-order chi connectivity index (χ0) is 10.2. The minimum absolute atomic E-state index is 0.868. The summed E-state index contributed by atoms with van der Waals surface area (Å²) in [6, 6.07) is 12.3. The molecule has 0 unspecified atom stereocenters. The number of rotatable bonds is 4. The molecule has 0 aliphatic heterocycles. The van der Waals surface area contributed by atoms with E-state index in [0.29, 0.717) is 0 Å². The zero-order valence-electron chi connectivity index (χ0n) is 8.23. The molecule has 72 valence electrons. The van der Waals surface area contributed by atoms with Crippen molar-refractivity contribution in [3.05, 3.63) is 46.9 Å². The van der Waals surface area contributed by atoms with Crippen LogP contribution in [0.15, 0.2) is 41.3 Å². The largest absolute Gasteiger partial charge is 0.193 e. The van der Waals surface area contributed by atoms with Crippen LogP contribution in [0.4, 0.5) is 0 Å². The molecule has 0 bridgehead atoms. The first-order chi connectivity index (χ1) is 6.86. The van der Waals surface area contributed by atoms with E-state index in [1.165, 1.54) is 5.56 Å². The Balaban J connectivity index is 2.66. The first-order valence-corrected chi connectivity index (χ1v) is 5.60. The van der Waals surface area contributed by atoms with E-state index >= 15 is 0 Å². The SMILES string of the molecule is CCS/C(=C\C#N)Cc1ccccc1. The maximum atomic E-state index is 8.60. The predicted octanol–water partition coefficient (Wildman–Crippen LogP) is 3.39. The van der Waals surface area contributed by atoms with E-state index in [-0.39, 0.29) is 0 Å². The first kappa shape index (κ1) is 10.9. The lowest BCUT2D eigenvalue weighted by Gasteiger charge is -2.03. The fourth-order valence-corrected chi connectivity index (χ4v) is 1.97. The molecule has 1 aromatic carbocycles. The second-order valence-electron chi connectivity index (χ2n) is 2.84. The van der Waals surface area contributed by atoms with E-state index in [1.54, 1.807) is 17.8 Å². The van der Waals surface area contributed by atoms with Gasteiger partial charge in [-0.05, 0) is 16.2 Å². The first-order valence-electron chi connectivity index (χ1n) is 4.62. The van der Waals surface area contributed by atoms with Crippen molar-refractivity contribution in [1.29, 1.82) is 5.26 Å². The number of nitriles is 1. The summed E-state index contributed by atoms with van der Waals surface area (Å²) in [5.41, 5.74) is 1.26. The maximum absolute atomic E-state index is 8.60. The van der Waals surface area contributed by atoms with Gasteiger partial charge in [-0.25, -0.2) is 0 Å². The smallest absolute Gasteiger partial charge is 0.0920 e. The van der Waals surface area contributed by atoms with Crippen molar-refractivity contribution in [3.63, 3.8) is 0 Å². The molecule has 0 spiro atoms. The molecule has 0 N–H and O–H groups in total. The van der Waals surface area contributed by atoms with Crippen LogP contribution in [0.3, 0.4) is 0 Å². The number of allylic oxidation sites excluding steroid dienone is 2. The average molecular weight is 203 g/mol. The minimum Gasteiger partial charge on any atom is -0.193 e. The highest BCUT2D eigenvalue weighted by atomic mass is 32.2. The van der Waals surface area contributed by atoms with Crippen molar-refractivity contribution in [1.82, 2.24) is 0 Å². The van der Waals surface area contributed by atoms with E-state index in [2.05, 4.69) is 25.1 Å². The average Bonchev–Trinajstić information content (AvgIpc) is 2.20. The lowest BCUT2D eigenvalue weighted by molar-refractivity contribution is 1.24. The second-order valence-corrected chi connectivity index (χ2v) is 4.23. The fourth-order valence-electron chi connectivity index (χ4n) is 1.20. The summed E-state index contributed by atoms with van der Waals surface area (Å²) in [6.07, 6.45) is 2.51. The molecule has 0 saturated carbocycles. The van der Waals surface area contributed by atoms with Crippen LogP contribution in [-0.2, 0) is 6.42 Å². The van der Waals surface area contributed by atoms with Gasteiger partial charge in [-0.1, -0.05) is 37.3 Å². The van der Waals surface area contributed by atoms with Crippen LogP contribution < -0.4 is 0 Å². The Kier molecular flexibility index (Phi) is 4.88. The lowest BCUT2D eigenvalue weighted by Crippen LogP contribution is -1.87. The van der Waals surface area contributed by atoms with Gasteiger partial charge in [0, 0.05) is 12.5 Å². The highest BCUT2D eigenvalue weighted by molar-refractivity contribution is 8.03. The van der Waals surface area contributed by atoms with Gasteiger partial charge in [0.05, 0.1) is 6.07 Å². The van der Waals surface area contributed by atoms with E-state index in [1.807, 2.05) is 18.2 Å². The normalized spacial score (nSPS) is 11.0. The van der Waals surface area contributed by atoms with Crippen LogP contribution in [0.2, 0.25) is 0 Å². The molecule has 0 aliphatic rings. The molecule has 1 aromatic rings. The summed E-state index contributed by atoms with van der Waals surface area (Å²) in [5, 5.41) is 8.60. The number of hydrogen-bond donors (Lipinski definition) is 0. The summed E-state index contributed by atoms with van der Waals surface area (Å²) in [5.74, 6) is 1.01. The monoisotopic (exact) mass is 203 g/mol. The van der Waals surface area contributed by atoms with E-state index < -0.39 is 0 Å². The molecule has 2 heteroatoms. The highest BCUT2D eigenvalue weighted by Gasteiger charge is 1.98. The van der Waals surface area contributed by atoms with Gasteiger partial charge in [-0.2, -0.15) is 5.26 Å². The van der Waals surface area contributed by atoms with Crippen LogP contribution in [-0.4, -0.2) is 5.75 Å². The van der Waals surface area contributed by atoms with Crippen LogP contribution in [0.5, 0.6) is 0 Å². The van der Waals surface area contributed by atoms with Crippen LogP contribution in [0.25, 0.3) is 0 Å². The maximum Gasteiger partial charge on any atom is 0.0920 e. The number of nitrogens with zero attached hydrogens (tertiary/aromatic N) is 1. The van der Waals surface area contributed by atoms with Crippen molar-refractivity contribution < 1.29 is 0 Å². The van der Waals surface area contributed by atoms with Crippen molar-refractivity contribution >= 4 is 11.8 Å². The highest BCUT2D eigenvalue weighted by Crippen LogP contribution is 2.19. The Hall–Kier alpha value is -1.20. The summed E-state index contributed by atoms with van der Waals surface area (Å²) < 4.78 is 0. The summed E-state index contributed by atoms with van der Waals surface area (Å²) >= 11 is 1.73. The van der Waals surface area contributed by atoms with Gasteiger partial charge >= 0.3 is 0 Å². The molecule has 14 heavy (non-hydrogen) atoms. The second kappa shape index (κ2) is 6.28. The molecule has 0 fully saturated rings. The summed E-state index contributed by atoms with van der Waals surface area (Å²) in [7, 11) is 0. The van der Waals surface area contributed by atoms with Crippen molar-refractivity contribution in [2.45, 2.75) is 13.3 Å². The molecule has 0 aromatic heterocycles. The topological polar surface area (TPSA) is 23.8 Å². The molecule has 0 heterocycles. The lowest BCUT2D eigenvalue weighted by atomic mass is 10.1. The predicted molar refractivity (Wildman–Crippen MR) is 62.0 cm³/mol. The molecule has 1 rings (SSSR count). The van der Waals surface area contributed by atoms with Gasteiger partial charge in [-0.15, -0.1) is 11.8 Å². The van der Waals surface area contributed by atoms with E-state index in [0.717, 1.165) is 17.1 Å². The van der Waals surface area contributed by atoms with E-state index in [9.17, 15) is 0 Å². The standard InChI is InChI=1S/C12H13NS/c1-2-14-12(8-9-13)10-11-6-4-3-5-7-11/h3-8H,2,10H2,1H3/b12-8-. The van der Waals surface area contributed by atoms with Crippen molar-refractivity contribution in [3.8, 4) is 6.07 Å². The minimum atomic E-state index is 0.868. The number of thioether (sulfide) groups is 1. The molecule has 0 saturated heterocycles. The quantitative estimate of drug-likeness (QED) is 0.700. The molecular formula is C12H13NS. The van der Waals surface area contributed by atoms with Gasteiger partial charge in [0.2, 0.25) is 0 Å². The number of hydrogen-bond acceptors (Lipinski definition) is 2. The molecule has 0 atom stereocenters. The van der Waals surface area contributed by atoms with Crippen molar-refractivity contribution in [2.24, 2.45) is 0 Å². The van der Waals surface area contributed by atoms with E-state index in [4.69, 9.17) is 5.26 Å². The Labute approximate surface area is 89.4 Å². The third-order valence-electron chi connectivity index (χ3n) is 1.78. The van der Waals surface area contributed by atoms with Gasteiger partial charge < -0.3 is 0 Å².